The van der Waals surface area contributed by atoms with E-state index >= 15 is 0 Å². The molecular weight excluding hydrogens is 326 g/mol. The molecule has 4 heteroatoms. The topological polar surface area (TPSA) is 51.5 Å². The van der Waals surface area contributed by atoms with Crippen molar-refractivity contribution in [2.45, 2.75) is 66.6 Å². The van der Waals surface area contributed by atoms with Crippen LogP contribution >= 0.6 is 0 Å². The van der Waals surface area contributed by atoms with E-state index in [0.717, 1.165) is 5.75 Å². The van der Waals surface area contributed by atoms with Crippen LogP contribution in [-0.4, -0.2) is 31.8 Å². The zero-order chi connectivity index (χ0) is 20.2. The summed E-state index contributed by atoms with van der Waals surface area (Å²) in [5.41, 5.74) is 1.49. The van der Waals surface area contributed by atoms with Crippen LogP contribution in [0.25, 0.3) is 0 Å². The summed E-state index contributed by atoms with van der Waals surface area (Å²) >= 11 is 0. The molecular formula is C22H37NO3. The van der Waals surface area contributed by atoms with Gasteiger partial charge in [-0.05, 0) is 56.2 Å². The predicted molar refractivity (Wildman–Crippen MR) is 108 cm³/mol. The number of benzene rings is 1. The Morgan fingerprint density at radius 3 is 2.00 bits per heavy atom. The minimum absolute atomic E-state index is 0.0292. The Balaban J connectivity index is 3.13. The van der Waals surface area contributed by atoms with Gasteiger partial charge in [0.25, 0.3) is 0 Å². The molecule has 1 aromatic carbocycles. The third kappa shape index (κ3) is 5.08. The van der Waals surface area contributed by atoms with Crippen molar-refractivity contribution in [3.63, 3.8) is 0 Å². The fourth-order valence-electron chi connectivity index (χ4n) is 3.16. The lowest BCUT2D eigenvalue weighted by atomic mass is 9.57. The number of hydrogen-bond acceptors (Lipinski definition) is 4. The highest BCUT2D eigenvalue weighted by atomic mass is 16.7. The minimum atomic E-state index is -0.660. The number of nitrogens with one attached hydrogen (secondary N) is 1. The smallest absolute Gasteiger partial charge is 0.162 e. The highest BCUT2D eigenvalue weighted by Gasteiger charge is 2.45. The van der Waals surface area contributed by atoms with E-state index in [9.17, 15) is 0 Å². The highest BCUT2D eigenvalue weighted by molar-refractivity contribution is 5.82. The van der Waals surface area contributed by atoms with Crippen LogP contribution < -0.4 is 4.74 Å². The minimum Gasteiger partial charge on any atom is -0.494 e. The van der Waals surface area contributed by atoms with Gasteiger partial charge >= 0.3 is 0 Å². The van der Waals surface area contributed by atoms with E-state index in [2.05, 4.69) is 39.8 Å². The van der Waals surface area contributed by atoms with Gasteiger partial charge in [0.1, 0.15) is 5.75 Å². The quantitative estimate of drug-likeness (QED) is 0.444. The molecule has 0 aliphatic heterocycles. The monoisotopic (exact) mass is 363 g/mol. The standard InChI is InChI=1S/C22H37NO3/c1-10-25-18-13-11-17(12-14-18)20(3,4)21(5,6)19(16(2)23)15-26-22(7,8)24-9/h11-14,19,23H,10,15H2,1-9H3. The first-order valence-electron chi connectivity index (χ1n) is 9.36. The zero-order valence-corrected chi connectivity index (χ0v) is 18.0. The number of methoxy groups -OCH3 is 1. The van der Waals surface area contributed by atoms with Gasteiger partial charge in [0.15, 0.2) is 5.79 Å². The second-order valence-corrected chi connectivity index (χ2v) is 8.45. The van der Waals surface area contributed by atoms with Crippen LogP contribution in [0.1, 0.15) is 61.0 Å². The molecule has 1 atom stereocenters. The van der Waals surface area contributed by atoms with Gasteiger partial charge in [-0.15, -0.1) is 0 Å². The van der Waals surface area contributed by atoms with E-state index in [4.69, 9.17) is 19.6 Å². The molecule has 1 aromatic rings. The molecule has 1 unspecified atom stereocenters. The molecule has 0 heterocycles. The second-order valence-electron chi connectivity index (χ2n) is 8.45. The summed E-state index contributed by atoms with van der Waals surface area (Å²) in [4.78, 5) is 0. The molecule has 0 aliphatic rings. The molecule has 0 spiro atoms. The van der Waals surface area contributed by atoms with Gasteiger partial charge in [-0.1, -0.05) is 39.8 Å². The van der Waals surface area contributed by atoms with Crippen LogP contribution in [0.4, 0.5) is 0 Å². The number of ether oxygens (including phenoxy) is 3. The van der Waals surface area contributed by atoms with Crippen molar-refractivity contribution < 1.29 is 14.2 Å². The van der Waals surface area contributed by atoms with Crippen LogP contribution in [0.15, 0.2) is 24.3 Å². The average Bonchev–Trinajstić information content (AvgIpc) is 2.55. The Bertz CT molecular complexity index is 588. The van der Waals surface area contributed by atoms with E-state index in [-0.39, 0.29) is 16.7 Å². The Labute approximate surface area is 159 Å². The van der Waals surface area contributed by atoms with E-state index in [1.165, 1.54) is 5.56 Å². The first-order chi connectivity index (χ1) is 11.9. The second kappa shape index (κ2) is 8.53. The van der Waals surface area contributed by atoms with Crippen LogP contribution in [0.2, 0.25) is 0 Å². The molecule has 4 nitrogen and oxygen atoms in total. The van der Waals surface area contributed by atoms with Crippen molar-refractivity contribution >= 4 is 5.71 Å². The SMILES string of the molecule is CCOc1ccc(C(C)(C)C(C)(C)C(COC(C)(C)OC)C(C)=N)cc1. The van der Waals surface area contributed by atoms with Gasteiger partial charge in [0.2, 0.25) is 0 Å². The van der Waals surface area contributed by atoms with Crippen molar-refractivity contribution in [1.29, 1.82) is 5.41 Å². The molecule has 1 N–H and O–H groups in total. The largest absolute Gasteiger partial charge is 0.494 e. The van der Waals surface area contributed by atoms with Crippen molar-refractivity contribution in [3.05, 3.63) is 29.8 Å². The van der Waals surface area contributed by atoms with Gasteiger partial charge in [-0.3, -0.25) is 0 Å². The maximum absolute atomic E-state index is 8.36. The van der Waals surface area contributed by atoms with Gasteiger partial charge in [-0.2, -0.15) is 0 Å². The van der Waals surface area contributed by atoms with E-state index in [0.29, 0.717) is 18.9 Å². The van der Waals surface area contributed by atoms with Crippen LogP contribution in [0, 0.1) is 16.7 Å². The fraction of sp³-hybridized carbons (Fsp3) is 0.682. The predicted octanol–water partition coefficient (Wildman–Crippen LogP) is 5.44. The van der Waals surface area contributed by atoms with Crippen molar-refractivity contribution in [3.8, 4) is 5.75 Å². The van der Waals surface area contributed by atoms with Gasteiger partial charge in [0, 0.05) is 18.7 Å². The summed E-state index contributed by atoms with van der Waals surface area (Å²) in [5, 5.41) is 8.36. The molecule has 0 bridgehead atoms. The Hall–Kier alpha value is -1.39. The van der Waals surface area contributed by atoms with Gasteiger partial charge in [-0.25, -0.2) is 0 Å². The molecule has 26 heavy (non-hydrogen) atoms. The van der Waals surface area contributed by atoms with E-state index < -0.39 is 5.79 Å². The summed E-state index contributed by atoms with van der Waals surface area (Å²) in [6.45, 7) is 17.7. The maximum atomic E-state index is 8.36. The molecule has 0 aromatic heterocycles. The Kier molecular flexibility index (Phi) is 7.43. The van der Waals surface area contributed by atoms with Crippen LogP contribution in [0.5, 0.6) is 5.75 Å². The Morgan fingerprint density at radius 1 is 1.04 bits per heavy atom. The van der Waals surface area contributed by atoms with E-state index in [1.54, 1.807) is 7.11 Å². The molecule has 0 aliphatic carbocycles. The summed E-state index contributed by atoms with van der Waals surface area (Å²) in [5.74, 6) is 0.195. The normalized spacial score (nSPS) is 14.2. The summed E-state index contributed by atoms with van der Waals surface area (Å²) in [6.07, 6.45) is 0. The first-order valence-corrected chi connectivity index (χ1v) is 9.36. The summed E-state index contributed by atoms with van der Waals surface area (Å²) < 4.78 is 16.9. The molecule has 148 valence electrons. The third-order valence-corrected chi connectivity index (χ3v) is 5.98. The zero-order valence-electron chi connectivity index (χ0n) is 18.0. The summed E-state index contributed by atoms with van der Waals surface area (Å²) in [6, 6.07) is 8.30. The molecule has 0 saturated heterocycles. The average molecular weight is 364 g/mol. The first kappa shape index (κ1) is 22.7. The lowest BCUT2D eigenvalue weighted by molar-refractivity contribution is -0.206. The Morgan fingerprint density at radius 2 is 1.58 bits per heavy atom. The molecule has 0 fully saturated rings. The van der Waals surface area contributed by atoms with Gasteiger partial charge < -0.3 is 19.6 Å². The molecule has 0 amide bonds. The molecule has 1 rings (SSSR count). The van der Waals surface area contributed by atoms with Crippen LogP contribution in [0.3, 0.4) is 0 Å². The van der Waals surface area contributed by atoms with Crippen molar-refractivity contribution in [2.75, 3.05) is 20.3 Å². The molecule has 0 radical (unpaired) electrons. The van der Waals surface area contributed by atoms with E-state index in [1.807, 2.05) is 39.8 Å². The summed E-state index contributed by atoms with van der Waals surface area (Å²) in [7, 11) is 1.64. The maximum Gasteiger partial charge on any atom is 0.162 e. The fourth-order valence-corrected chi connectivity index (χ4v) is 3.16. The lowest BCUT2D eigenvalue weighted by Gasteiger charge is -2.48. The number of hydrogen-bond donors (Lipinski definition) is 1. The van der Waals surface area contributed by atoms with Crippen molar-refractivity contribution in [2.24, 2.45) is 11.3 Å². The van der Waals surface area contributed by atoms with Crippen LogP contribution in [-0.2, 0) is 14.9 Å². The molecule has 0 saturated carbocycles. The van der Waals surface area contributed by atoms with Gasteiger partial charge in [0.05, 0.1) is 13.2 Å². The lowest BCUT2D eigenvalue weighted by Crippen LogP contribution is -2.47. The number of rotatable bonds is 10. The van der Waals surface area contributed by atoms with Crippen molar-refractivity contribution in [1.82, 2.24) is 0 Å². The highest BCUT2D eigenvalue weighted by Crippen LogP contribution is 2.47. The third-order valence-electron chi connectivity index (χ3n) is 5.98.